The lowest BCUT2D eigenvalue weighted by Crippen LogP contribution is -2.30. The Morgan fingerprint density at radius 3 is 2.68 bits per heavy atom. The molecule has 0 amide bonds. The number of thiazole rings is 1. The Kier molecular flexibility index (Phi) is 8.16. The van der Waals surface area contributed by atoms with E-state index >= 15 is 0 Å². The molecule has 0 atom stereocenters. The van der Waals surface area contributed by atoms with Crippen LogP contribution in [0.1, 0.15) is 24.0 Å². The highest BCUT2D eigenvalue weighted by atomic mass is 127. The quantitative estimate of drug-likeness (QED) is 0.347. The fourth-order valence-electron chi connectivity index (χ4n) is 2.35. The highest BCUT2D eigenvalue weighted by Crippen LogP contribution is 2.32. The second-order valence-electron chi connectivity index (χ2n) is 5.66. The van der Waals surface area contributed by atoms with Crippen LogP contribution in [0, 0.1) is 0 Å². The minimum absolute atomic E-state index is 0. The summed E-state index contributed by atoms with van der Waals surface area (Å²) in [7, 11) is 0. The van der Waals surface area contributed by atoms with E-state index < -0.39 is 11.9 Å². The number of rotatable bonds is 4. The van der Waals surface area contributed by atoms with E-state index in [1.54, 1.807) is 6.07 Å². The highest BCUT2D eigenvalue weighted by molar-refractivity contribution is 14.0. The van der Waals surface area contributed by atoms with Crippen LogP contribution < -0.4 is 20.1 Å². The first-order chi connectivity index (χ1) is 13.0. The Balaban J connectivity index is 0.00000280. The molecule has 0 unspecified atom stereocenters. The summed E-state index contributed by atoms with van der Waals surface area (Å²) in [6.45, 7) is 3.73. The van der Waals surface area contributed by atoms with Gasteiger partial charge in [-0.15, -0.1) is 35.3 Å². The maximum absolute atomic E-state index is 12.6. The van der Waals surface area contributed by atoms with Crippen molar-refractivity contribution < 1.29 is 22.6 Å². The average Bonchev–Trinajstić information content (AvgIpc) is 2.99. The number of aromatic nitrogens is 1. The second-order valence-corrected chi connectivity index (χ2v) is 6.60. The van der Waals surface area contributed by atoms with Gasteiger partial charge in [-0.25, -0.2) is 9.98 Å². The van der Waals surface area contributed by atoms with Crippen molar-refractivity contribution in [3.05, 3.63) is 34.3 Å². The van der Waals surface area contributed by atoms with Crippen molar-refractivity contribution in [3.8, 4) is 11.5 Å². The number of aliphatic imine (C=N–C) groups is 1. The van der Waals surface area contributed by atoms with Gasteiger partial charge in [0.15, 0.2) is 23.2 Å². The van der Waals surface area contributed by atoms with Gasteiger partial charge in [-0.3, -0.25) is 0 Å². The summed E-state index contributed by atoms with van der Waals surface area (Å²) < 4.78 is 49.2. The number of benzene rings is 1. The molecule has 0 saturated carbocycles. The number of nitrogens with zero attached hydrogens (tertiary/aromatic N) is 2. The number of nitrogens with one attached hydrogen (secondary N) is 2. The van der Waals surface area contributed by atoms with Crippen molar-refractivity contribution >= 4 is 47.0 Å². The molecule has 1 aliphatic heterocycles. The van der Waals surface area contributed by atoms with Crippen LogP contribution in [-0.4, -0.2) is 30.7 Å². The first-order valence-electron chi connectivity index (χ1n) is 8.42. The lowest BCUT2D eigenvalue weighted by molar-refractivity contribution is -0.140. The summed E-state index contributed by atoms with van der Waals surface area (Å²) in [5, 5.41) is 7.45. The first-order valence-corrected chi connectivity index (χ1v) is 9.30. The normalized spacial score (nSPS) is 14.1. The SMILES string of the molecule is CCNC(=NCc1nc(C(F)(F)F)cs1)Nc1ccc2c(c1)OCCCO2.I. The summed E-state index contributed by atoms with van der Waals surface area (Å²) in [6, 6.07) is 5.44. The summed E-state index contributed by atoms with van der Waals surface area (Å²) in [5.74, 6) is 1.77. The zero-order valence-electron chi connectivity index (χ0n) is 15.0. The van der Waals surface area contributed by atoms with Crippen LogP contribution in [0.3, 0.4) is 0 Å². The number of hydrogen-bond donors (Lipinski definition) is 2. The maximum atomic E-state index is 12.6. The molecule has 1 aliphatic rings. The molecule has 0 bridgehead atoms. The maximum Gasteiger partial charge on any atom is 0.434 e. The van der Waals surface area contributed by atoms with E-state index in [0.29, 0.717) is 37.2 Å². The topological polar surface area (TPSA) is 67.8 Å². The Morgan fingerprint density at radius 1 is 1.25 bits per heavy atom. The van der Waals surface area contributed by atoms with Crippen LogP contribution in [0.5, 0.6) is 11.5 Å². The van der Waals surface area contributed by atoms with Gasteiger partial charge in [-0.05, 0) is 19.1 Å². The van der Waals surface area contributed by atoms with Crippen LogP contribution in [-0.2, 0) is 12.7 Å². The molecule has 28 heavy (non-hydrogen) atoms. The Morgan fingerprint density at radius 2 is 2.00 bits per heavy atom. The van der Waals surface area contributed by atoms with Gasteiger partial charge in [0, 0.05) is 30.1 Å². The van der Waals surface area contributed by atoms with E-state index in [0.717, 1.165) is 28.8 Å². The fraction of sp³-hybridized carbons (Fsp3) is 0.412. The van der Waals surface area contributed by atoms with Gasteiger partial charge in [0.05, 0.1) is 19.8 Å². The molecular weight excluding hydrogens is 508 g/mol. The van der Waals surface area contributed by atoms with Gasteiger partial charge in [-0.2, -0.15) is 13.2 Å². The Hall–Kier alpha value is -1.76. The number of guanidine groups is 1. The van der Waals surface area contributed by atoms with Gasteiger partial charge in [0.2, 0.25) is 0 Å². The lowest BCUT2D eigenvalue weighted by Gasteiger charge is -2.13. The van der Waals surface area contributed by atoms with Crippen LogP contribution in [0.2, 0.25) is 0 Å². The van der Waals surface area contributed by atoms with Crippen LogP contribution in [0.4, 0.5) is 18.9 Å². The minimum atomic E-state index is -4.44. The van der Waals surface area contributed by atoms with E-state index in [9.17, 15) is 13.2 Å². The van der Waals surface area contributed by atoms with Crippen molar-refractivity contribution in [1.29, 1.82) is 0 Å². The van der Waals surface area contributed by atoms with Crippen LogP contribution >= 0.6 is 35.3 Å². The molecule has 1 aromatic heterocycles. The molecule has 2 aromatic rings. The predicted molar refractivity (Wildman–Crippen MR) is 113 cm³/mol. The number of hydrogen-bond acceptors (Lipinski definition) is 5. The van der Waals surface area contributed by atoms with Gasteiger partial charge in [0.25, 0.3) is 0 Å². The van der Waals surface area contributed by atoms with Crippen molar-refractivity contribution in [1.82, 2.24) is 10.3 Å². The molecule has 2 N–H and O–H groups in total. The zero-order valence-corrected chi connectivity index (χ0v) is 18.2. The van der Waals surface area contributed by atoms with Gasteiger partial charge in [0.1, 0.15) is 5.01 Å². The fourth-order valence-corrected chi connectivity index (χ4v) is 3.07. The smallest absolute Gasteiger partial charge is 0.434 e. The average molecular weight is 528 g/mol. The minimum Gasteiger partial charge on any atom is -0.490 e. The molecule has 0 spiro atoms. The largest absolute Gasteiger partial charge is 0.490 e. The standard InChI is InChI=1S/C17H19F3N4O2S.HI/c1-2-21-16(22-9-15-24-14(10-27-15)17(18,19)20)23-11-4-5-12-13(8-11)26-7-3-6-25-12;/h4-5,8,10H,2-3,6-7,9H2,1H3,(H2,21,22,23);1H. The molecule has 3 rings (SSSR count). The zero-order chi connectivity index (χ0) is 19.3. The third-order valence-electron chi connectivity index (χ3n) is 3.57. The van der Waals surface area contributed by atoms with Crippen molar-refractivity contribution in [2.75, 3.05) is 25.1 Å². The van der Waals surface area contributed by atoms with Crippen LogP contribution in [0.15, 0.2) is 28.6 Å². The first kappa shape index (κ1) is 22.5. The summed E-state index contributed by atoms with van der Waals surface area (Å²) in [5.41, 5.74) is -0.160. The molecule has 0 aliphatic carbocycles. The van der Waals surface area contributed by atoms with E-state index in [1.165, 1.54) is 0 Å². The highest BCUT2D eigenvalue weighted by Gasteiger charge is 2.33. The van der Waals surface area contributed by atoms with E-state index in [4.69, 9.17) is 9.47 Å². The van der Waals surface area contributed by atoms with Gasteiger partial charge in [-0.1, -0.05) is 0 Å². The van der Waals surface area contributed by atoms with E-state index in [-0.39, 0.29) is 35.5 Å². The number of anilines is 1. The molecule has 1 aromatic carbocycles. The summed E-state index contributed by atoms with van der Waals surface area (Å²) >= 11 is 0.933. The van der Waals surface area contributed by atoms with Crippen molar-refractivity contribution in [3.63, 3.8) is 0 Å². The predicted octanol–water partition coefficient (Wildman–Crippen LogP) is 4.52. The molecule has 0 fully saturated rings. The number of halogens is 4. The van der Waals surface area contributed by atoms with Crippen molar-refractivity contribution in [2.45, 2.75) is 26.1 Å². The summed E-state index contributed by atoms with van der Waals surface area (Å²) in [4.78, 5) is 7.89. The monoisotopic (exact) mass is 528 g/mol. The summed E-state index contributed by atoms with van der Waals surface area (Å²) in [6.07, 6.45) is -3.62. The molecule has 0 radical (unpaired) electrons. The third kappa shape index (κ3) is 6.12. The molecule has 2 heterocycles. The number of fused-ring (bicyclic) bond motifs is 1. The van der Waals surface area contributed by atoms with E-state index in [1.807, 2.05) is 19.1 Å². The van der Waals surface area contributed by atoms with E-state index in [2.05, 4.69) is 20.6 Å². The Labute approximate surface area is 181 Å². The molecule has 0 saturated heterocycles. The number of alkyl halides is 3. The van der Waals surface area contributed by atoms with Gasteiger partial charge >= 0.3 is 6.18 Å². The third-order valence-corrected chi connectivity index (χ3v) is 4.40. The molecule has 11 heteroatoms. The molecule has 154 valence electrons. The Bertz CT molecular complexity index is 814. The second kappa shape index (κ2) is 10.1. The molecular formula is C17H20F3IN4O2S. The number of ether oxygens (including phenoxy) is 2. The molecule has 6 nitrogen and oxygen atoms in total. The van der Waals surface area contributed by atoms with Crippen molar-refractivity contribution in [2.24, 2.45) is 4.99 Å². The van der Waals surface area contributed by atoms with Gasteiger partial charge < -0.3 is 20.1 Å². The lowest BCUT2D eigenvalue weighted by atomic mass is 10.3. The van der Waals surface area contributed by atoms with Crippen LogP contribution in [0.25, 0.3) is 0 Å².